The van der Waals surface area contributed by atoms with E-state index in [4.69, 9.17) is 11.6 Å². The topological polar surface area (TPSA) is 101 Å². The van der Waals surface area contributed by atoms with E-state index in [-0.39, 0.29) is 11.2 Å². The summed E-state index contributed by atoms with van der Waals surface area (Å²) >= 11 is 6.71. The second-order valence-electron chi connectivity index (χ2n) is 10.5. The van der Waals surface area contributed by atoms with Crippen molar-refractivity contribution < 1.29 is 4.39 Å². The van der Waals surface area contributed by atoms with E-state index >= 15 is 0 Å². The molecule has 0 bridgehead atoms. The number of halogens is 2. The number of nitriles is 1. The van der Waals surface area contributed by atoms with Crippen LogP contribution in [0.15, 0.2) is 79.0 Å². The summed E-state index contributed by atoms with van der Waals surface area (Å²) < 4.78 is 13.8. The second kappa shape index (κ2) is 10.8. The number of fused-ring (bicyclic) bond motifs is 1. The third-order valence-corrected chi connectivity index (χ3v) is 6.47. The lowest BCUT2D eigenvalue weighted by Gasteiger charge is -2.23. The molecule has 10 heteroatoms. The summed E-state index contributed by atoms with van der Waals surface area (Å²) in [6, 6.07) is 15.7. The molecule has 2 aromatic carbocycles. The van der Waals surface area contributed by atoms with Crippen LogP contribution in [0, 0.1) is 22.6 Å². The quantitative estimate of drug-likeness (QED) is 0.216. The Labute approximate surface area is 231 Å². The molecule has 4 N–H and O–H groups in total. The normalized spacial score (nSPS) is 13.9. The first-order valence-corrected chi connectivity index (χ1v) is 12.8. The zero-order valence-corrected chi connectivity index (χ0v) is 22.5. The fraction of sp³-hybridized carbons (Fsp3) is 0.207. The molecular weight excluding hydrogens is 515 g/mol. The predicted octanol–water partition coefficient (Wildman–Crippen LogP) is 6.28. The monoisotopic (exact) mass is 542 g/mol. The maximum absolute atomic E-state index is 13.8. The lowest BCUT2D eigenvalue weighted by molar-refractivity contribution is 0.443. The second-order valence-corrected chi connectivity index (χ2v) is 10.9. The average Bonchev–Trinajstić information content (AvgIpc) is 3.41. The van der Waals surface area contributed by atoms with E-state index in [1.54, 1.807) is 36.8 Å². The van der Waals surface area contributed by atoms with E-state index in [1.807, 2.05) is 29.4 Å². The van der Waals surface area contributed by atoms with E-state index in [0.29, 0.717) is 34.0 Å². The van der Waals surface area contributed by atoms with E-state index in [2.05, 4.69) is 58.4 Å². The molecular formula is C29H28ClFN8. The maximum Gasteiger partial charge on any atom is 0.123 e. The lowest BCUT2D eigenvalue weighted by Crippen LogP contribution is -2.37. The number of nitrogens with one attached hydrogen (secondary N) is 4. The van der Waals surface area contributed by atoms with Crippen LogP contribution >= 0.6 is 11.6 Å². The SMILES string of the molecule is CC(C)(C)CNc1c(C#N)cnc2c(Cl)cc(NC(C3=CN(c4cccnc4)NN3)c3ccc(F)cc3)cc12. The fourth-order valence-electron chi connectivity index (χ4n) is 4.24. The smallest absolute Gasteiger partial charge is 0.123 e. The highest BCUT2D eigenvalue weighted by Crippen LogP contribution is 2.36. The minimum absolute atomic E-state index is 0.0105. The number of nitrogens with zero attached hydrogens (tertiary/aromatic N) is 4. The average molecular weight is 543 g/mol. The van der Waals surface area contributed by atoms with Crippen molar-refractivity contribution in [1.82, 2.24) is 20.9 Å². The van der Waals surface area contributed by atoms with Gasteiger partial charge >= 0.3 is 0 Å². The van der Waals surface area contributed by atoms with E-state index in [1.165, 1.54) is 12.1 Å². The number of hydrazine groups is 2. The van der Waals surface area contributed by atoms with Crippen molar-refractivity contribution in [3.05, 3.63) is 101 Å². The number of rotatable bonds is 7. The Morgan fingerprint density at radius 1 is 1.15 bits per heavy atom. The van der Waals surface area contributed by atoms with Crippen LogP contribution < -0.4 is 26.6 Å². The van der Waals surface area contributed by atoms with Crippen molar-refractivity contribution in [3.8, 4) is 6.07 Å². The van der Waals surface area contributed by atoms with Gasteiger partial charge in [0.2, 0.25) is 0 Å². The number of benzene rings is 2. The highest BCUT2D eigenvalue weighted by molar-refractivity contribution is 6.35. The first-order valence-electron chi connectivity index (χ1n) is 12.4. The predicted molar refractivity (Wildman–Crippen MR) is 153 cm³/mol. The van der Waals surface area contributed by atoms with Crippen molar-refractivity contribution in [2.24, 2.45) is 5.41 Å². The molecule has 0 saturated heterocycles. The summed E-state index contributed by atoms with van der Waals surface area (Å²) in [6.07, 6.45) is 6.90. The van der Waals surface area contributed by atoms with Gasteiger partial charge in [-0.25, -0.2) is 4.39 Å². The molecule has 0 radical (unpaired) electrons. The standard InChI is InChI=1S/C29H28ClFN8/c1-29(2,3)17-35-26-19(13-32)14-34-28-23(26)11-21(12-24(28)30)36-27(18-6-8-20(31)9-7-18)25-16-39(38-37-25)22-5-4-10-33-15-22/h4-12,14-16,27,36-38H,17H2,1-3H3,(H,34,35). The Hall–Kier alpha value is -4.39. The summed E-state index contributed by atoms with van der Waals surface area (Å²) in [5.74, 6) is -0.320. The van der Waals surface area contributed by atoms with Crippen LogP contribution in [-0.4, -0.2) is 16.5 Å². The molecule has 198 valence electrons. The third kappa shape index (κ3) is 5.87. The third-order valence-electron chi connectivity index (χ3n) is 6.18. The van der Waals surface area contributed by atoms with Gasteiger partial charge in [0, 0.05) is 36.2 Å². The molecule has 1 atom stereocenters. The summed E-state index contributed by atoms with van der Waals surface area (Å²) in [4.78, 5) is 8.64. The number of hydrogen-bond acceptors (Lipinski definition) is 8. The molecule has 3 heterocycles. The molecule has 8 nitrogen and oxygen atoms in total. The lowest BCUT2D eigenvalue weighted by atomic mass is 9.96. The Morgan fingerprint density at radius 3 is 2.64 bits per heavy atom. The first kappa shape index (κ1) is 26.2. The van der Waals surface area contributed by atoms with Crippen molar-refractivity contribution >= 4 is 39.6 Å². The van der Waals surface area contributed by atoms with Crippen LogP contribution in [0.4, 0.5) is 21.5 Å². The molecule has 2 aromatic heterocycles. The Balaban J connectivity index is 1.56. The number of hydrogen-bond donors (Lipinski definition) is 4. The minimum Gasteiger partial charge on any atom is -0.383 e. The van der Waals surface area contributed by atoms with Crippen LogP contribution in [0.2, 0.25) is 5.02 Å². The fourth-order valence-corrected chi connectivity index (χ4v) is 4.51. The zero-order chi connectivity index (χ0) is 27.6. The molecule has 5 rings (SSSR count). The molecule has 0 saturated carbocycles. The molecule has 1 aliphatic rings. The van der Waals surface area contributed by atoms with Gasteiger partial charge < -0.3 is 16.1 Å². The van der Waals surface area contributed by atoms with Gasteiger partial charge in [-0.1, -0.05) is 44.5 Å². The Morgan fingerprint density at radius 2 is 1.95 bits per heavy atom. The molecule has 0 fully saturated rings. The molecule has 0 aliphatic carbocycles. The van der Waals surface area contributed by atoms with Gasteiger partial charge in [-0.2, -0.15) is 5.26 Å². The van der Waals surface area contributed by atoms with Gasteiger partial charge in [-0.15, -0.1) is 5.53 Å². The van der Waals surface area contributed by atoms with Crippen LogP contribution in [-0.2, 0) is 0 Å². The highest BCUT2D eigenvalue weighted by atomic mass is 35.5. The van der Waals surface area contributed by atoms with E-state index in [0.717, 1.165) is 22.3 Å². The summed E-state index contributed by atoms with van der Waals surface area (Å²) in [5.41, 5.74) is 11.2. The van der Waals surface area contributed by atoms with Gasteiger partial charge in [0.15, 0.2) is 0 Å². The number of pyridine rings is 2. The van der Waals surface area contributed by atoms with Crippen LogP contribution in [0.5, 0.6) is 0 Å². The number of anilines is 3. The van der Waals surface area contributed by atoms with E-state index in [9.17, 15) is 9.65 Å². The Bertz CT molecular complexity index is 1560. The van der Waals surface area contributed by atoms with Crippen molar-refractivity contribution in [2.75, 3.05) is 22.2 Å². The van der Waals surface area contributed by atoms with Gasteiger partial charge in [0.25, 0.3) is 0 Å². The maximum atomic E-state index is 13.8. The van der Waals surface area contributed by atoms with Crippen LogP contribution in [0.3, 0.4) is 0 Å². The summed E-state index contributed by atoms with van der Waals surface area (Å²) in [5, 5.41) is 19.7. The minimum atomic E-state index is -0.397. The largest absolute Gasteiger partial charge is 0.383 e. The molecule has 4 aromatic rings. The van der Waals surface area contributed by atoms with Gasteiger partial charge in [0.05, 0.1) is 45.4 Å². The summed E-state index contributed by atoms with van der Waals surface area (Å²) in [7, 11) is 0. The summed E-state index contributed by atoms with van der Waals surface area (Å²) in [6.45, 7) is 7.01. The molecule has 1 aliphatic heterocycles. The Kier molecular flexibility index (Phi) is 7.24. The van der Waals surface area contributed by atoms with Crippen molar-refractivity contribution in [3.63, 3.8) is 0 Å². The van der Waals surface area contributed by atoms with Gasteiger partial charge in [0.1, 0.15) is 11.9 Å². The molecule has 1 unspecified atom stereocenters. The highest BCUT2D eigenvalue weighted by Gasteiger charge is 2.24. The molecule has 39 heavy (non-hydrogen) atoms. The van der Waals surface area contributed by atoms with Crippen LogP contribution in [0.1, 0.15) is 37.9 Å². The zero-order valence-electron chi connectivity index (χ0n) is 21.8. The van der Waals surface area contributed by atoms with Gasteiger partial charge in [-0.3, -0.25) is 15.0 Å². The first-order chi connectivity index (χ1) is 18.7. The number of aromatic nitrogens is 2. The molecule has 0 amide bonds. The van der Waals surface area contributed by atoms with Crippen molar-refractivity contribution in [1.29, 1.82) is 5.26 Å². The van der Waals surface area contributed by atoms with Crippen LogP contribution in [0.25, 0.3) is 10.9 Å². The van der Waals surface area contributed by atoms with Gasteiger partial charge in [-0.05, 0) is 47.4 Å². The van der Waals surface area contributed by atoms with E-state index < -0.39 is 6.04 Å². The van der Waals surface area contributed by atoms with Crippen molar-refractivity contribution in [2.45, 2.75) is 26.8 Å². The molecule has 0 spiro atoms.